The molecule has 2 aromatic heterocycles. The Bertz CT molecular complexity index is 1010. The smallest absolute Gasteiger partial charge is 0.382 e. The Morgan fingerprint density at radius 2 is 1.81 bits per heavy atom. The van der Waals surface area contributed by atoms with E-state index >= 15 is 0 Å². The topological polar surface area (TPSA) is 73.6 Å². The van der Waals surface area contributed by atoms with E-state index in [0.29, 0.717) is 0 Å². The lowest BCUT2D eigenvalue weighted by molar-refractivity contribution is -0.137. The van der Waals surface area contributed by atoms with Crippen molar-refractivity contribution in [1.29, 1.82) is 0 Å². The van der Waals surface area contributed by atoms with Crippen molar-refractivity contribution in [1.82, 2.24) is 14.6 Å². The molecule has 3 aromatic rings. The van der Waals surface area contributed by atoms with Crippen molar-refractivity contribution in [3.8, 4) is 5.75 Å². The molecular formula is C15H12F3N3O3S2. The van der Waals surface area contributed by atoms with E-state index in [1.54, 1.807) is 18.2 Å². The van der Waals surface area contributed by atoms with Gasteiger partial charge in [0.1, 0.15) is 5.75 Å². The SMILES string of the molecule is O=S(=O)(CCSc1nnc2ccc(C(F)(F)F)cn12)Oc1ccccc1. The monoisotopic (exact) mass is 403 g/mol. The molecule has 0 unspecified atom stereocenters. The van der Waals surface area contributed by atoms with Crippen LogP contribution >= 0.6 is 11.8 Å². The molecule has 3 rings (SSSR count). The van der Waals surface area contributed by atoms with Gasteiger partial charge in [-0.3, -0.25) is 4.40 Å². The van der Waals surface area contributed by atoms with E-state index < -0.39 is 21.9 Å². The number of para-hydroxylation sites is 1. The molecule has 0 fully saturated rings. The molecule has 0 amide bonds. The minimum absolute atomic E-state index is 0.0478. The molecule has 0 aliphatic rings. The second-order valence-corrected chi connectivity index (χ2v) is 7.89. The highest BCUT2D eigenvalue weighted by Crippen LogP contribution is 2.30. The number of thioether (sulfide) groups is 1. The number of aromatic nitrogens is 3. The van der Waals surface area contributed by atoms with Gasteiger partial charge in [-0.1, -0.05) is 30.0 Å². The Balaban J connectivity index is 1.68. The molecule has 0 saturated heterocycles. The summed E-state index contributed by atoms with van der Waals surface area (Å²) < 4.78 is 68.5. The summed E-state index contributed by atoms with van der Waals surface area (Å²) in [6, 6.07) is 10.1. The first-order chi connectivity index (χ1) is 12.2. The van der Waals surface area contributed by atoms with Gasteiger partial charge in [0.05, 0.1) is 11.3 Å². The maximum Gasteiger partial charge on any atom is 0.417 e. The molecule has 0 aliphatic heterocycles. The lowest BCUT2D eigenvalue weighted by Gasteiger charge is -2.08. The summed E-state index contributed by atoms with van der Waals surface area (Å²) in [5, 5.41) is 7.73. The largest absolute Gasteiger partial charge is 0.417 e. The van der Waals surface area contributed by atoms with Crippen LogP contribution in [0, 0.1) is 0 Å². The average Bonchev–Trinajstić information content (AvgIpc) is 2.97. The molecule has 11 heteroatoms. The van der Waals surface area contributed by atoms with Gasteiger partial charge in [-0.05, 0) is 24.3 Å². The molecule has 0 spiro atoms. The van der Waals surface area contributed by atoms with Crippen molar-refractivity contribution in [2.24, 2.45) is 0 Å². The molecule has 6 nitrogen and oxygen atoms in total. The number of hydrogen-bond acceptors (Lipinski definition) is 6. The van der Waals surface area contributed by atoms with Gasteiger partial charge < -0.3 is 4.18 Å². The summed E-state index contributed by atoms with van der Waals surface area (Å²) in [6.45, 7) is 0. The molecule has 26 heavy (non-hydrogen) atoms. The summed E-state index contributed by atoms with van der Waals surface area (Å²) in [5.41, 5.74) is -0.601. The van der Waals surface area contributed by atoms with E-state index in [4.69, 9.17) is 4.18 Å². The van der Waals surface area contributed by atoms with Crippen LogP contribution in [-0.2, 0) is 16.3 Å². The van der Waals surface area contributed by atoms with E-state index in [-0.39, 0.29) is 28.1 Å². The van der Waals surface area contributed by atoms with Gasteiger partial charge in [-0.15, -0.1) is 10.2 Å². The van der Waals surface area contributed by atoms with Crippen molar-refractivity contribution in [2.45, 2.75) is 11.3 Å². The minimum atomic E-state index is -4.49. The van der Waals surface area contributed by atoms with Crippen LogP contribution in [0.15, 0.2) is 53.8 Å². The first-order valence-corrected chi connectivity index (χ1v) is 9.83. The quantitative estimate of drug-likeness (QED) is 0.465. The molecule has 0 atom stereocenters. The number of hydrogen-bond donors (Lipinski definition) is 0. The Morgan fingerprint density at radius 1 is 1.08 bits per heavy atom. The highest BCUT2D eigenvalue weighted by atomic mass is 32.2. The van der Waals surface area contributed by atoms with Crippen molar-refractivity contribution in [3.05, 3.63) is 54.2 Å². The predicted molar refractivity (Wildman–Crippen MR) is 89.6 cm³/mol. The predicted octanol–water partition coefficient (Wildman–Crippen LogP) is 3.25. The minimum Gasteiger partial charge on any atom is -0.382 e. The number of fused-ring (bicyclic) bond motifs is 1. The zero-order valence-electron chi connectivity index (χ0n) is 13.0. The van der Waals surface area contributed by atoms with E-state index in [1.807, 2.05) is 0 Å². The lowest BCUT2D eigenvalue weighted by atomic mass is 10.3. The average molecular weight is 403 g/mol. The molecule has 0 N–H and O–H groups in total. The Labute approximate surface area is 151 Å². The van der Waals surface area contributed by atoms with Crippen LogP contribution in [0.4, 0.5) is 13.2 Å². The van der Waals surface area contributed by atoms with Gasteiger partial charge in [0, 0.05) is 11.9 Å². The van der Waals surface area contributed by atoms with Crippen molar-refractivity contribution in [2.75, 3.05) is 11.5 Å². The Kier molecular flexibility index (Phi) is 5.10. The summed E-state index contributed by atoms with van der Waals surface area (Å²) in [7, 11) is -3.83. The summed E-state index contributed by atoms with van der Waals surface area (Å²) in [5.74, 6) is -0.0904. The van der Waals surface area contributed by atoms with E-state index in [0.717, 1.165) is 24.0 Å². The lowest BCUT2D eigenvalue weighted by Crippen LogP contribution is -2.15. The zero-order valence-corrected chi connectivity index (χ0v) is 14.7. The van der Waals surface area contributed by atoms with E-state index in [1.165, 1.54) is 22.6 Å². The van der Waals surface area contributed by atoms with Crippen molar-refractivity contribution < 1.29 is 25.8 Å². The van der Waals surface area contributed by atoms with E-state index in [9.17, 15) is 21.6 Å². The molecule has 1 aromatic carbocycles. The van der Waals surface area contributed by atoms with Crippen molar-refractivity contribution in [3.63, 3.8) is 0 Å². The number of rotatable bonds is 6. The van der Waals surface area contributed by atoms with Crippen LogP contribution < -0.4 is 4.18 Å². The van der Waals surface area contributed by atoms with Crippen LogP contribution in [0.2, 0.25) is 0 Å². The number of halogens is 3. The molecule has 0 radical (unpaired) electrons. The Morgan fingerprint density at radius 3 is 2.50 bits per heavy atom. The highest BCUT2D eigenvalue weighted by Gasteiger charge is 2.31. The summed E-state index contributed by atoms with van der Waals surface area (Å²) >= 11 is 0.976. The van der Waals surface area contributed by atoms with Gasteiger partial charge in [-0.2, -0.15) is 21.6 Å². The highest BCUT2D eigenvalue weighted by molar-refractivity contribution is 8.00. The number of benzene rings is 1. The van der Waals surface area contributed by atoms with Gasteiger partial charge in [-0.25, -0.2) is 0 Å². The van der Waals surface area contributed by atoms with Crippen LogP contribution in [0.5, 0.6) is 5.75 Å². The van der Waals surface area contributed by atoms with Gasteiger partial charge in [0.25, 0.3) is 0 Å². The first kappa shape index (κ1) is 18.5. The summed E-state index contributed by atoms with van der Waals surface area (Å²) in [4.78, 5) is 0. The number of pyridine rings is 1. The second kappa shape index (κ2) is 7.16. The third-order valence-corrected chi connectivity index (χ3v) is 5.58. The fourth-order valence-electron chi connectivity index (χ4n) is 2.04. The first-order valence-electron chi connectivity index (χ1n) is 7.27. The molecule has 0 aliphatic carbocycles. The van der Waals surface area contributed by atoms with Crippen LogP contribution in [0.3, 0.4) is 0 Å². The van der Waals surface area contributed by atoms with Crippen LogP contribution in [-0.4, -0.2) is 34.5 Å². The number of alkyl halides is 3. The molecule has 0 bridgehead atoms. The molecular weight excluding hydrogens is 391 g/mol. The van der Waals surface area contributed by atoms with E-state index in [2.05, 4.69) is 10.2 Å². The van der Waals surface area contributed by atoms with Crippen LogP contribution in [0.25, 0.3) is 5.65 Å². The third-order valence-electron chi connectivity index (χ3n) is 3.23. The molecule has 138 valence electrons. The second-order valence-electron chi connectivity index (χ2n) is 5.13. The van der Waals surface area contributed by atoms with Gasteiger partial charge in [0.15, 0.2) is 10.8 Å². The maximum absolute atomic E-state index is 12.8. The van der Waals surface area contributed by atoms with Gasteiger partial charge >= 0.3 is 16.3 Å². The number of nitrogens with zero attached hydrogens (tertiary/aromatic N) is 3. The van der Waals surface area contributed by atoms with Crippen LogP contribution in [0.1, 0.15) is 5.56 Å². The van der Waals surface area contributed by atoms with Gasteiger partial charge in [0.2, 0.25) is 0 Å². The standard InChI is InChI=1S/C15H12F3N3O3S2/c16-15(17,18)11-6-7-13-19-20-14(21(13)10-11)25-8-9-26(22,23)24-12-4-2-1-3-5-12/h1-7,10H,8-9H2. The fraction of sp³-hybridized carbons (Fsp3) is 0.200. The fourth-order valence-corrected chi connectivity index (χ4v) is 4.24. The van der Waals surface area contributed by atoms with Crippen molar-refractivity contribution >= 4 is 27.5 Å². The molecule has 0 saturated carbocycles. The zero-order chi connectivity index (χ0) is 18.8. The third kappa shape index (κ3) is 4.47. The maximum atomic E-state index is 12.8. The normalized spacial score (nSPS) is 12.4. The Hall–Kier alpha value is -2.27. The molecule has 2 heterocycles. The summed E-state index contributed by atoms with van der Waals surface area (Å²) in [6.07, 6.45) is -3.61.